The standard InChI is InChI=1S/C25H28N2O7/c1-33-23(30)11-6-14-26-24(31)21(12-13-22(28)29)27-25(32)34-15-20-18-9-4-2-7-16(18)17-8-3-5-10-19(17)20/h2-5,7-10,20-21H,6,11-15H2,1H3,(H,26,31)(H,27,32)(H,28,29). The van der Waals surface area contributed by atoms with Crippen molar-refractivity contribution in [1.82, 2.24) is 10.6 Å². The Bertz CT molecular complexity index is 1010. The number of esters is 1. The Hall–Kier alpha value is -3.88. The minimum absolute atomic E-state index is 0.0757. The van der Waals surface area contributed by atoms with E-state index in [1.54, 1.807) is 0 Å². The van der Waals surface area contributed by atoms with Crippen molar-refractivity contribution in [3.63, 3.8) is 0 Å². The highest BCUT2D eigenvalue weighted by atomic mass is 16.5. The van der Waals surface area contributed by atoms with Crippen LogP contribution in [0.15, 0.2) is 48.5 Å². The average molecular weight is 469 g/mol. The third-order valence-electron chi connectivity index (χ3n) is 5.68. The van der Waals surface area contributed by atoms with Crippen LogP contribution in [0.1, 0.15) is 42.7 Å². The molecule has 0 spiro atoms. The van der Waals surface area contributed by atoms with Crippen LogP contribution in [0.25, 0.3) is 11.1 Å². The minimum Gasteiger partial charge on any atom is -0.481 e. The van der Waals surface area contributed by atoms with Crippen molar-refractivity contribution in [3.8, 4) is 11.1 Å². The Morgan fingerprint density at radius 2 is 1.59 bits per heavy atom. The van der Waals surface area contributed by atoms with Crippen LogP contribution in [0, 0.1) is 0 Å². The quantitative estimate of drug-likeness (QED) is 0.341. The van der Waals surface area contributed by atoms with Crippen LogP contribution >= 0.6 is 0 Å². The molecule has 0 saturated heterocycles. The lowest BCUT2D eigenvalue weighted by Gasteiger charge is -2.19. The highest BCUT2D eigenvalue weighted by molar-refractivity contribution is 5.86. The molecule has 9 nitrogen and oxygen atoms in total. The second-order valence-electron chi connectivity index (χ2n) is 7.93. The van der Waals surface area contributed by atoms with Crippen LogP contribution in [-0.4, -0.2) is 55.3 Å². The number of fused-ring (bicyclic) bond motifs is 3. The maximum absolute atomic E-state index is 12.5. The highest BCUT2D eigenvalue weighted by Gasteiger charge is 2.30. The van der Waals surface area contributed by atoms with Crippen molar-refractivity contribution in [3.05, 3.63) is 59.7 Å². The summed E-state index contributed by atoms with van der Waals surface area (Å²) >= 11 is 0. The van der Waals surface area contributed by atoms with Crippen LogP contribution in [0.2, 0.25) is 0 Å². The van der Waals surface area contributed by atoms with Crippen LogP contribution in [0.3, 0.4) is 0 Å². The predicted molar refractivity (Wildman–Crippen MR) is 123 cm³/mol. The SMILES string of the molecule is COC(=O)CCCNC(=O)C(CCC(=O)O)NC(=O)OCC1c2ccccc2-c2ccccc21. The number of carbonyl (C=O) groups is 4. The van der Waals surface area contributed by atoms with E-state index in [9.17, 15) is 19.2 Å². The van der Waals surface area contributed by atoms with E-state index in [4.69, 9.17) is 9.84 Å². The summed E-state index contributed by atoms with van der Waals surface area (Å²) in [4.78, 5) is 47.2. The van der Waals surface area contributed by atoms with Gasteiger partial charge in [0.25, 0.3) is 0 Å². The first kappa shape index (κ1) is 24.8. The summed E-state index contributed by atoms with van der Waals surface area (Å²) in [7, 11) is 1.28. The first-order valence-electron chi connectivity index (χ1n) is 11.1. The molecule has 0 heterocycles. The molecule has 2 amide bonds. The molecule has 9 heteroatoms. The minimum atomic E-state index is -1.09. The summed E-state index contributed by atoms with van der Waals surface area (Å²) in [5, 5.41) is 14.1. The number of alkyl carbamates (subject to hydrolysis) is 1. The molecule has 0 aromatic heterocycles. The van der Waals surface area contributed by atoms with Crippen LogP contribution in [0.4, 0.5) is 4.79 Å². The van der Waals surface area contributed by atoms with E-state index in [1.165, 1.54) is 7.11 Å². The van der Waals surface area contributed by atoms with Crippen molar-refractivity contribution < 1.29 is 33.8 Å². The summed E-state index contributed by atoms with van der Waals surface area (Å²) < 4.78 is 10.0. The fraction of sp³-hybridized carbons (Fsp3) is 0.360. The Balaban J connectivity index is 1.58. The number of benzene rings is 2. The molecule has 0 bridgehead atoms. The summed E-state index contributed by atoms with van der Waals surface area (Å²) in [6.07, 6.45) is -0.709. The van der Waals surface area contributed by atoms with Crippen molar-refractivity contribution in [2.75, 3.05) is 20.3 Å². The first-order valence-corrected chi connectivity index (χ1v) is 11.1. The summed E-state index contributed by atoms with van der Waals surface area (Å²) in [6.45, 7) is 0.260. The lowest BCUT2D eigenvalue weighted by atomic mass is 9.98. The van der Waals surface area contributed by atoms with Crippen molar-refractivity contribution in [2.24, 2.45) is 0 Å². The van der Waals surface area contributed by atoms with E-state index in [0.29, 0.717) is 6.42 Å². The van der Waals surface area contributed by atoms with Gasteiger partial charge in [-0.1, -0.05) is 48.5 Å². The lowest BCUT2D eigenvalue weighted by molar-refractivity contribution is -0.141. The molecule has 3 N–H and O–H groups in total. The number of carboxylic acid groups (broad SMARTS) is 1. The van der Waals surface area contributed by atoms with Gasteiger partial charge in [-0.3, -0.25) is 14.4 Å². The molecule has 1 aliphatic carbocycles. The Kier molecular flexibility index (Phi) is 8.61. The van der Waals surface area contributed by atoms with Gasteiger partial charge in [0, 0.05) is 25.3 Å². The second kappa shape index (κ2) is 11.8. The van der Waals surface area contributed by atoms with Gasteiger partial charge in [-0.2, -0.15) is 0 Å². The van der Waals surface area contributed by atoms with Gasteiger partial charge in [0.05, 0.1) is 7.11 Å². The van der Waals surface area contributed by atoms with Gasteiger partial charge in [-0.15, -0.1) is 0 Å². The number of methoxy groups -OCH3 is 1. The van der Waals surface area contributed by atoms with E-state index < -0.39 is 30.0 Å². The number of rotatable bonds is 11. The molecule has 2 aromatic carbocycles. The molecule has 1 atom stereocenters. The Labute approximate surface area is 197 Å². The van der Waals surface area contributed by atoms with E-state index in [0.717, 1.165) is 22.3 Å². The highest BCUT2D eigenvalue weighted by Crippen LogP contribution is 2.44. The second-order valence-corrected chi connectivity index (χ2v) is 7.93. The molecule has 0 fully saturated rings. The van der Waals surface area contributed by atoms with E-state index in [2.05, 4.69) is 15.4 Å². The summed E-state index contributed by atoms with van der Waals surface area (Å²) in [6, 6.07) is 14.8. The number of carboxylic acids is 1. The monoisotopic (exact) mass is 468 g/mol. The number of hydrogen-bond donors (Lipinski definition) is 3. The molecule has 1 unspecified atom stereocenters. The van der Waals surface area contributed by atoms with E-state index in [-0.39, 0.29) is 38.3 Å². The maximum Gasteiger partial charge on any atom is 0.407 e. The smallest absolute Gasteiger partial charge is 0.407 e. The normalized spacial score (nSPS) is 12.7. The van der Waals surface area contributed by atoms with Crippen molar-refractivity contribution in [1.29, 1.82) is 0 Å². The van der Waals surface area contributed by atoms with Crippen LogP contribution in [-0.2, 0) is 23.9 Å². The molecular formula is C25H28N2O7. The van der Waals surface area contributed by atoms with Gasteiger partial charge in [-0.25, -0.2) is 4.79 Å². The molecule has 180 valence electrons. The molecule has 1 aliphatic rings. The number of hydrogen-bond acceptors (Lipinski definition) is 6. The Morgan fingerprint density at radius 1 is 0.971 bits per heavy atom. The topological polar surface area (TPSA) is 131 Å². The first-order chi connectivity index (χ1) is 16.4. The molecular weight excluding hydrogens is 440 g/mol. The average Bonchev–Trinajstić information content (AvgIpc) is 3.16. The molecule has 2 aromatic rings. The van der Waals surface area contributed by atoms with Gasteiger partial charge in [0.2, 0.25) is 5.91 Å². The zero-order valence-electron chi connectivity index (χ0n) is 18.9. The molecule has 0 radical (unpaired) electrons. The van der Waals surface area contributed by atoms with Crippen molar-refractivity contribution >= 4 is 23.9 Å². The van der Waals surface area contributed by atoms with E-state index >= 15 is 0 Å². The van der Waals surface area contributed by atoms with Crippen LogP contribution in [0.5, 0.6) is 0 Å². The maximum atomic E-state index is 12.5. The Morgan fingerprint density at radius 3 is 2.18 bits per heavy atom. The number of ether oxygens (including phenoxy) is 2. The molecule has 3 rings (SSSR count). The van der Waals surface area contributed by atoms with Crippen molar-refractivity contribution in [2.45, 2.75) is 37.6 Å². The third kappa shape index (κ3) is 6.34. The zero-order valence-corrected chi connectivity index (χ0v) is 18.9. The van der Waals surface area contributed by atoms with Gasteiger partial charge < -0.3 is 25.2 Å². The van der Waals surface area contributed by atoms with Gasteiger partial charge in [0.1, 0.15) is 12.6 Å². The van der Waals surface area contributed by atoms with Crippen LogP contribution < -0.4 is 10.6 Å². The third-order valence-corrected chi connectivity index (χ3v) is 5.68. The summed E-state index contributed by atoms with van der Waals surface area (Å²) in [5.41, 5.74) is 4.31. The molecule has 0 saturated carbocycles. The molecule has 34 heavy (non-hydrogen) atoms. The van der Waals surface area contributed by atoms with E-state index in [1.807, 2.05) is 48.5 Å². The zero-order chi connectivity index (χ0) is 24.5. The largest absolute Gasteiger partial charge is 0.481 e. The predicted octanol–water partition coefficient (Wildman–Crippen LogP) is 2.83. The summed E-state index contributed by atoms with van der Waals surface area (Å²) in [5.74, 6) is -2.16. The fourth-order valence-electron chi connectivity index (χ4n) is 3.99. The number of aliphatic carboxylic acids is 1. The fourth-order valence-corrected chi connectivity index (χ4v) is 3.99. The van der Waals surface area contributed by atoms with Gasteiger partial charge in [0.15, 0.2) is 0 Å². The number of carbonyl (C=O) groups excluding carboxylic acids is 3. The molecule has 0 aliphatic heterocycles. The van der Waals surface area contributed by atoms with Gasteiger partial charge >= 0.3 is 18.0 Å². The number of amides is 2. The van der Waals surface area contributed by atoms with Gasteiger partial charge in [-0.05, 0) is 35.1 Å². The number of nitrogens with one attached hydrogen (secondary N) is 2. The lowest BCUT2D eigenvalue weighted by Crippen LogP contribution is -2.47.